The highest BCUT2D eigenvalue weighted by Crippen LogP contribution is 2.21. The molecular formula is C15H15BrFNO. The first-order chi connectivity index (χ1) is 9.20. The van der Waals surface area contributed by atoms with Crippen molar-refractivity contribution in [1.82, 2.24) is 0 Å². The molecule has 2 nitrogen and oxygen atoms in total. The first-order valence-electron chi connectivity index (χ1n) is 5.95. The second-order valence-corrected chi connectivity index (χ2v) is 5.10. The van der Waals surface area contributed by atoms with E-state index in [4.69, 9.17) is 4.74 Å². The Bertz CT molecular complexity index is 560. The van der Waals surface area contributed by atoms with E-state index in [2.05, 4.69) is 21.2 Å². The molecule has 0 aliphatic rings. The van der Waals surface area contributed by atoms with Crippen LogP contribution in [0.5, 0.6) is 0 Å². The summed E-state index contributed by atoms with van der Waals surface area (Å²) in [5.41, 5.74) is 2.69. The lowest BCUT2D eigenvalue weighted by molar-refractivity contribution is 0.184. The molecule has 2 aromatic rings. The number of hydrogen-bond acceptors (Lipinski definition) is 2. The molecule has 0 radical (unpaired) electrons. The Hall–Kier alpha value is -1.39. The maximum absolute atomic E-state index is 13.6. The van der Waals surface area contributed by atoms with E-state index in [0.717, 1.165) is 15.6 Å². The molecule has 19 heavy (non-hydrogen) atoms. The first kappa shape index (κ1) is 14.0. The zero-order chi connectivity index (χ0) is 13.7. The number of rotatable bonds is 5. The summed E-state index contributed by atoms with van der Waals surface area (Å²) >= 11 is 3.34. The molecule has 0 aliphatic heterocycles. The third kappa shape index (κ3) is 3.78. The number of benzene rings is 2. The molecule has 0 unspecified atom stereocenters. The second-order valence-electron chi connectivity index (χ2n) is 4.18. The highest BCUT2D eigenvalue weighted by molar-refractivity contribution is 9.10. The van der Waals surface area contributed by atoms with Gasteiger partial charge in [-0.2, -0.15) is 0 Å². The minimum absolute atomic E-state index is 0.257. The van der Waals surface area contributed by atoms with Gasteiger partial charge in [-0.05, 0) is 29.3 Å². The second kappa shape index (κ2) is 6.68. The Labute approximate surface area is 120 Å². The van der Waals surface area contributed by atoms with Gasteiger partial charge in [-0.25, -0.2) is 4.39 Å². The predicted octanol–water partition coefficient (Wildman–Crippen LogP) is 4.35. The first-order valence-corrected chi connectivity index (χ1v) is 6.74. The molecule has 0 fully saturated rings. The minimum atomic E-state index is -0.257. The van der Waals surface area contributed by atoms with Gasteiger partial charge in [0, 0.05) is 18.1 Å². The SMILES string of the molecule is COCc1ccccc1CNc1cc(Br)ccc1F. The van der Waals surface area contributed by atoms with E-state index in [0.29, 0.717) is 18.8 Å². The van der Waals surface area contributed by atoms with Crippen LogP contribution >= 0.6 is 15.9 Å². The molecule has 100 valence electrons. The summed E-state index contributed by atoms with van der Waals surface area (Å²) in [6.07, 6.45) is 0. The van der Waals surface area contributed by atoms with Crippen LogP contribution < -0.4 is 5.32 Å². The Balaban J connectivity index is 2.12. The normalized spacial score (nSPS) is 10.5. The number of methoxy groups -OCH3 is 1. The molecule has 0 saturated carbocycles. The predicted molar refractivity (Wildman–Crippen MR) is 78.6 cm³/mol. The lowest BCUT2D eigenvalue weighted by Crippen LogP contribution is -2.05. The Morgan fingerprint density at radius 3 is 2.63 bits per heavy atom. The topological polar surface area (TPSA) is 21.3 Å². The highest BCUT2D eigenvalue weighted by Gasteiger charge is 2.05. The largest absolute Gasteiger partial charge is 0.380 e. The van der Waals surface area contributed by atoms with E-state index in [9.17, 15) is 4.39 Å². The van der Waals surface area contributed by atoms with Crippen molar-refractivity contribution >= 4 is 21.6 Å². The van der Waals surface area contributed by atoms with Crippen LogP contribution in [0.2, 0.25) is 0 Å². The number of nitrogens with one attached hydrogen (secondary N) is 1. The summed E-state index contributed by atoms with van der Waals surface area (Å²) in [7, 11) is 1.66. The summed E-state index contributed by atoms with van der Waals surface area (Å²) in [4.78, 5) is 0. The van der Waals surface area contributed by atoms with E-state index >= 15 is 0 Å². The molecule has 1 N–H and O–H groups in total. The fourth-order valence-electron chi connectivity index (χ4n) is 1.85. The van der Waals surface area contributed by atoms with Crippen LogP contribution in [0, 0.1) is 5.82 Å². The fraction of sp³-hybridized carbons (Fsp3) is 0.200. The molecule has 2 aromatic carbocycles. The van der Waals surface area contributed by atoms with Gasteiger partial charge in [0.25, 0.3) is 0 Å². The van der Waals surface area contributed by atoms with Crippen molar-refractivity contribution < 1.29 is 9.13 Å². The van der Waals surface area contributed by atoms with Crippen LogP contribution in [-0.2, 0) is 17.9 Å². The average Bonchev–Trinajstić information content (AvgIpc) is 2.42. The van der Waals surface area contributed by atoms with E-state index in [1.807, 2.05) is 24.3 Å². The molecule has 0 aromatic heterocycles. The lowest BCUT2D eigenvalue weighted by atomic mass is 10.1. The van der Waals surface area contributed by atoms with Crippen LogP contribution in [0.25, 0.3) is 0 Å². The van der Waals surface area contributed by atoms with Gasteiger partial charge in [-0.3, -0.25) is 0 Å². The third-order valence-corrected chi connectivity index (χ3v) is 3.31. The van der Waals surface area contributed by atoms with E-state index in [1.165, 1.54) is 6.07 Å². The van der Waals surface area contributed by atoms with Crippen molar-refractivity contribution in [3.63, 3.8) is 0 Å². The zero-order valence-corrected chi connectivity index (χ0v) is 12.2. The minimum Gasteiger partial charge on any atom is -0.380 e. The summed E-state index contributed by atoms with van der Waals surface area (Å²) in [6, 6.07) is 12.8. The van der Waals surface area contributed by atoms with Crippen LogP contribution in [0.1, 0.15) is 11.1 Å². The summed E-state index contributed by atoms with van der Waals surface area (Å²) < 4.78 is 19.6. The quantitative estimate of drug-likeness (QED) is 0.883. The summed E-state index contributed by atoms with van der Waals surface area (Å²) in [6.45, 7) is 1.12. The monoisotopic (exact) mass is 323 g/mol. The van der Waals surface area contributed by atoms with Crippen LogP contribution in [0.15, 0.2) is 46.9 Å². The Morgan fingerprint density at radius 2 is 1.89 bits per heavy atom. The number of anilines is 1. The smallest absolute Gasteiger partial charge is 0.146 e. The van der Waals surface area contributed by atoms with E-state index in [-0.39, 0.29) is 5.82 Å². The molecule has 0 heterocycles. The maximum Gasteiger partial charge on any atom is 0.146 e. The van der Waals surface area contributed by atoms with Gasteiger partial charge in [-0.15, -0.1) is 0 Å². The van der Waals surface area contributed by atoms with Gasteiger partial charge >= 0.3 is 0 Å². The van der Waals surface area contributed by atoms with Crippen molar-refractivity contribution in [3.05, 3.63) is 63.9 Å². The van der Waals surface area contributed by atoms with Crippen molar-refractivity contribution in [1.29, 1.82) is 0 Å². The standard InChI is InChI=1S/C15H15BrFNO/c1-19-10-12-5-3-2-4-11(12)9-18-15-8-13(16)6-7-14(15)17/h2-8,18H,9-10H2,1H3. The molecule has 0 spiro atoms. The van der Waals surface area contributed by atoms with Gasteiger partial charge in [0.05, 0.1) is 12.3 Å². The van der Waals surface area contributed by atoms with Crippen LogP contribution in [0.4, 0.5) is 10.1 Å². The lowest BCUT2D eigenvalue weighted by Gasteiger charge is -2.11. The molecule has 2 rings (SSSR count). The molecular weight excluding hydrogens is 309 g/mol. The zero-order valence-electron chi connectivity index (χ0n) is 10.6. The van der Waals surface area contributed by atoms with Crippen molar-refractivity contribution in [2.75, 3.05) is 12.4 Å². The van der Waals surface area contributed by atoms with E-state index < -0.39 is 0 Å². The fourth-order valence-corrected chi connectivity index (χ4v) is 2.21. The maximum atomic E-state index is 13.6. The average molecular weight is 324 g/mol. The van der Waals surface area contributed by atoms with Crippen LogP contribution in [-0.4, -0.2) is 7.11 Å². The Kier molecular flexibility index (Phi) is 4.93. The summed E-state index contributed by atoms with van der Waals surface area (Å²) in [5.74, 6) is -0.257. The molecule has 0 aliphatic carbocycles. The van der Waals surface area contributed by atoms with Crippen LogP contribution in [0.3, 0.4) is 0 Å². The molecule has 0 saturated heterocycles. The molecule has 4 heteroatoms. The molecule has 0 bridgehead atoms. The van der Waals surface area contributed by atoms with Gasteiger partial charge in [0.2, 0.25) is 0 Å². The Morgan fingerprint density at radius 1 is 1.16 bits per heavy atom. The van der Waals surface area contributed by atoms with Crippen molar-refractivity contribution in [2.45, 2.75) is 13.2 Å². The highest BCUT2D eigenvalue weighted by atomic mass is 79.9. The molecule has 0 atom stereocenters. The van der Waals surface area contributed by atoms with Crippen molar-refractivity contribution in [3.8, 4) is 0 Å². The molecule has 0 amide bonds. The summed E-state index contributed by atoms with van der Waals surface area (Å²) in [5, 5.41) is 3.11. The van der Waals surface area contributed by atoms with Gasteiger partial charge in [-0.1, -0.05) is 40.2 Å². The number of hydrogen-bond donors (Lipinski definition) is 1. The van der Waals surface area contributed by atoms with Gasteiger partial charge in [0.1, 0.15) is 5.82 Å². The van der Waals surface area contributed by atoms with Gasteiger partial charge in [0.15, 0.2) is 0 Å². The number of ether oxygens (including phenoxy) is 1. The number of halogens is 2. The van der Waals surface area contributed by atoms with Gasteiger partial charge < -0.3 is 10.1 Å². The van der Waals surface area contributed by atoms with E-state index in [1.54, 1.807) is 19.2 Å². The van der Waals surface area contributed by atoms with Crippen molar-refractivity contribution in [2.24, 2.45) is 0 Å². The third-order valence-electron chi connectivity index (χ3n) is 2.82.